The lowest BCUT2D eigenvalue weighted by molar-refractivity contribution is 0.0497. The number of hydrogen-bond acceptors (Lipinski definition) is 6. The summed E-state index contributed by atoms with van der Waals surface area (Å²) in [6, 6.07) is 4.45. The van der Waals surface area contributed by atoms with Crippen molar-refractivity contribution in [3.63, 3.8) is 0 Å². The van der Waals surface area contributed by atoms with Crippen LogP contribution in [0, 0.1) is 0 Å². The van der Waals surface area contributed by atoms with Gasteiger partial charge in [-0.25, -0.2) is 18.6 Å². The summed E-state index contributed by atoms with van der Waals surface area (Å²) in [4.78, 5) is -0.00161. The number of nitrogens with zero attached hydrogens (tertiary/aromatic N) is 1. The van der Waals surface area contributed by atoms with Crippen LogP contribution in [-0.4, -0.2) is 39.7 Å². The van der Waals surface area contributed by atoms with E-state index in [0.29, 0.717) is 24.6 Å². The minimum Gasteiger partial charge on any atom is -0.399 e. The van der Waals surface area contributed by atoms with Crippen LogP contribution >= 0.6 is 0 Å². The van der Waals surface area contributed by atoms with Crippen molar-refractivity contribution < 1.29 is 13.2 Å². The molecule has 0 unspecified atom stereocenters. The average molecular weight is 272 g/mol. The van der Waals surface area contributed by atoms with Crippen LogP contribution in [0.2, 0.25) is 0 Å². The van der Waals surface area contributed by atoms with Gasteiger partial charge in [0.05, 0.1) is 23.8 Å². The van der Waals surface area contributed by atoms with Crippen LogP contribution in [0.15, 0.2) is 23.1 Å². The van der Waals surface area contributed by atoms with E-state index in [4.69, 9.17) is 15.6 Å². The fraction of sp³-hybridized carbons (Fsp3) is 0.400. The van der Waals surface area contributed by atoms with Crippen LogP contribution < -0.4 is 16.3 Å². The van der Waals surface area contributed by atoms with E-state index in [1.165, 1.54) is 12.1 Å². The van der Waals surface area contributed by atoms with Gasteiger partial charge in [-0.1, -0.05) is 0 Å². The molecule has 0 bridgehead atoms. The van der Waals surface area contributed by atoms with Gasteiger partial charge in [-0.2, -0.15) is 0 Å². The van der Waals surface area contributed by atoms with Crippen molar-refractivity contribution in [3.8, 4) is 0 Å². The Morgan fingerprint density at radius 1 is 1.22 bits per heavy atom. The predicted octanol–water partition coefficient (Wildman–Crippen LogP) is -0.425. The standard InChI is InChI=1S/C10H16N4O3S/c11-8-5-9(7-10(6-8)18(12,15)16)13-14-1-3-17-4-2-14/h5-7,13H,1-4,11H2,(H2,12,15,16). The molecule has 1 aliphatic rings. The van der Waals surface area contributed by atoms with Crippen molar-refractivity contribution in [1.82, 2.24) is 5.01 Å². The number of rotatable bonds is 3. The maximum atomic E-state index is 11.3. The predicted molar refractivity (Wildman–Crippen MR) is 68.2 cm³/mol. The number of ether oxygens (including phenoxy) is 1. The first-order chi connectivity index (χ1) is 8.45. The van der Waals surface area contributed by atoms with E-state index < -0.39 is 10.0 Å². The number of nitrogens with one attached hydrogen (secondary N) is 1. The summed E-state index contributed by atoms with van der Waals surface area (Å²) < 4.78 is 27.8. The van der Waals surface area contributed by atoms with Gasteiger partial charge in [0.1, 0.15) is 0 Å². The Bertz CT molecular complexity index is 526. The molecule has 0 radical (unpaired) electrons. The van der Waals surface area contributed by atoms with Crippen molar-refractivity contribution in [2.24, 2.45) is 5.14 Å². The lowest BCUT2D eigenvalue weighted by Crippen LogP contribution is -2.40. The zero-order chi connectivity index (χ0) is 13.2. The van der Waals surface area contributed by atoms with Crippen LogP contribution in [0.4, 0.5) is 11.4 Å². The number of anilines is 2. The molecule has 1 aromatic carbocycles. The largest absolute Gasteiger partial charge is 0.399 e. The molecule has 0 saturated carbocycles. The Balaban J connectivity index is 2.20. The molecule has 7 nitrogen and oxygen atoms in total. The molecule has 0 aliphatic carbocycles. The second-order valence-electron chi connectivity index (χ2n) is 4.05. The quantitative estimate of drug-likeness (QED) is 0.644. The molecule has 8 heteroatoms. The van der Waals surface area contributed by atoms with Crippen molar-refractivity contribution >= 4 is 21.4 Å². The topological polar surface area (TPSA) is 111 Å². The summed E-state index contributed by atoms with van der Waals surface area (Å²) in [5.74, 6) is 0. The number of morpholine rings is 1. The molecule has 1 aromatic rings. The first kappa shape index (κ1) is 13.1. The number of nitrogens with two attached hydrogens (primary N) is 2. The van der Waals surface area contributed by atoms with Crippen molar-refractivity contribution in [1.29, 1.82) is 0 Å². The highest BCUT2D eigenvalue weighted by Gasteiger charge is 2.13. The van der Waals surface area contributed by atoms with Gasteiger partial charge in [0.2, 0.25) is 10.0 Å². The molecule has 0 amide bonds. The van der Waals surface area contributed by atoms with Gasteiger partial charge in [0.25, 0.3) is 0 Å². The number of primary sulfonamides is 1. The highest BCUT2D eigenvalue weighted by molar-refractivity contribution is 7.89. The first-order valence-electron chi connectivity index (χ1n) is 5.48. The first-order valence-corrected chi connectivity index (χ1v) is 7.02. The van der Waals surface area contributed by atoms with Crippen LogP contribution in [0.3, 0.4) is 0 Å². The van der Waals surface area contributed by atoms with Gasteiger partial charge < -0.3 is 15.9 Å². The zero-order valence-electron chi connectivity index (χ0n) is 9.80. The van der Waals surface area contributed by atoms with E-state index in [0.717, 1.165) is 13.1 Å². The fourth-order valence-corrected chi connectivity index (χ4v) is 2.30. The molecular weight excluding hydrogens is 256 g/mol. The van der Waals surface area contributed by atoms with Gasteiger partial charge >= 0.3 is 0 Å². The highest BCUT2D eigenvalue weighted by Crippen LogP contribution is 2.20. The van der Waals surface area contributed by atoms with Crippen molar-refractivity contribution in [3.05, 3.63) is 18.2 Å². The molecule has 5 N–H and O–H groups in total. The Morgan fingerprint density at radius 2 is 1.89 bits per heavy atom. The molecule has 2 rings (SSSR count). The van der Waals surface area contributed by atoms with Crippen LogP contribution in [0.5, 0.6) is 0 Å². The maximum absolute atomic E-state index is 11.3. The smallest absolute Gasteiger partial charge is 0.238 e. The van der Waals surface area contributed by atoms with Gasteiger partial charge in [0, 0.05) is 18.8 Å². The number of benzene rings is 1. The molecule has 100 valence electrons. The summed E-state index contributed by atoms with van der Waals surface area (Å²) in [5.41, 5.74) is 9.69. The van der Waals surface area contributed by atoms with E-state index in [-0.39, 0.29) is 4.90 Å². The number of hydrazine groups is 1. The Morgan fingerprint density at radius 3 is 2.50 bits per heavy atom. The summed E-state index contributed by atoms with van der Waals surface area (Å²) >= 11 is 0. The Labute approximate surface area is 106 Å². The Kier molecular flexibility index (Phi) is 3.71. The Hall–Kier alpha value is -1.35. The highest BCUT2D eigenvalue weighted by atomic mass is 32.2. The molecule has 1 heterocycles. The molecule has 1 fully saturated rings. The van der Waals surface area contributed by atoms with E-state index in [1.54, 1.807) is 6.07 Å². The van der Waals surface area contributed by atoms with Crippen molar-refractivity contribution in [2.75, 3.05) is 37.5 Å². The second kappa shape index (κ2) is 5.11. The van der Waals surface area contributed by atoms with E-state index >= 15 is 0 Å². The normalized spacial score (nSPS) is 17.6. The molecule has 0 spiro atoms. The lowest BCUT2D eigenvalue weighted by atomic mass is 10.3. The number of sulfonamides is 1. The molecule has 0 aromatic heterocycles. The van der Waals surface area contributed by atoms with Gasteiger partial charge in [-0.05, 0) is 18.2 Å². The van der Waals surface area contributed by atoms with Crippen LogP contribution in [-0.2, 0) is 14.8 Å². The SMILES string of the molecule is Nc1cc(NN2CCOCC2)cc(S(N)(=O)=O)c1. The molecule has 18 heavy (non-hydrogen) atoms. The second-order valence-corrected chi connectivity index (χ2v) is 5.61. The summed E-state index contributed by atoms with van der Waals surface area (Å²) in [5, 5.41) is 7.02. The molecule has 1 aliphatic heterocycles. The zero-order valence-corrected chi connectivity index (χ0v) is 10.6. The van der Waals surface area contributed by atoms with Crippen LogP contribution in [0.1, 0.15) is 0 Å². The number of nitrogen functional groups attached to an aromatic ring is 1. The third-order valence-electron chi connectivity index (χ3n) is 2.56. The molecular formula is C10H16N4O3S. The van der Waals surface area contributed by atoms with Gasteiger partial charge in [-0.15, -0.1) is 0 Å². The lowest BCUT2D eigenvalue weighted by Gasteiger charge is -2.28. The van der Waals surface area contributed by atoms with E-state index in [2.05, 4.69) is 5.43 Å². The third kappa shape index (κ3) is 3.33. The summed E-state index contributed by atoms with van der Waals surface area (Å²) in [7, 11) is -3.75. The third-order valence-corrected chi connectivity index (χ3v) is 3.45. The molecule has 0 atom stereocenters. The minimum atomic E-state index is -3.75. The summed E-state index contributed by atoms with van der Waals surface area (Å²) in [6.07, 6.45) is 0. The van der Waals surface area contributed by atoms with Crippen molar-refractivity contribution in [2.45, 2.75) is 4.90 Å². The average Bonchev–Trinajstić information content (AvgIpc) is 2.28. The van der Waals surface area contributed by atoms with E-state index in [1.807, 2.05) is 5.01 Å². The molecule has 1 saturated heterocycles. The fourth-order valence-electron chi connectivity index (χ4n) is 1.71. The van der Waals surface area contributed by atoms with Gasteiger partial charge in [-0.3, -0.25) is 0 Å². The van der Waals surface area contributed by atoms with Crippen LogP contribution in [0.25, 0.3) is 0 Å². The van der Waals surface area contributed by atoms with E-state index in [9.17, 15) is 8.42 Å². The monoisotopic (exact) mass is 272 g/mol. The maximum Gasteiger partial charge on any atom is 0.238 e. The number of hydrogen-bond donors (Lipinski definition) is 3. The summed E-state index contributed by atoms with van der Waals surface area (Å²) in [6.45, 7) is 2.72. The minimum absolute atomic E-state index is 0.00161. The van der Waals surface area contributed by atoms with Gasteiger partial charge in [0.15, 0.2) is 0 Å².